The molecule has 4 heteroatoms. The van der Waals surface area contributed by atoms with Crippen LogP contribution in [0, 0.1) is 0 Å². The smallest absolute Gasteiger partial charge is 0.0197 e. The molecule has 2 aromatic rings. The van der Waals surface area contributed by atoms with Crippen LogP contribution >= 0.6 is 0 Å². The molecule has 1 saturated heterocycles. The summed E-state index contributed by atoms with van der Waals surface area (Å²) < 4.78 is 3.39. The molecule has 0 aromatic heterocycles. The molecule has 0 amide bonds. The van der Waals surface area contributed by atoms with Crippen molar-refractivity contribution in [3.05, 3.63) is 103 Å². The van der Waals surface area contributed by atoms with Crippen LogP contribution in [0.5, 0.6) is 0 Å². The summed E-state index contributed by atoms with van der Waals surface area (Å²) >= 11 is -0.602. The van der Waals surface area contributed by atoms with E-state index in [-0.39, 0.29) is 24.8 Å². The van der Waals surface area contributed by atoms with E-state index >= 15 is 0 Å². The van der Waals surface area contributed by atoms with Crippen molar-refractivity contribution < 1.29 is 48.0 Å². The van der Waals surface area contributed by atoms with Crippen molar-refractivity contribution in [2.75, 3.05) is 0 Å². The second-order valence-corrected chi connectivity index (χ2v) is 13.2. The summed E-state index contributed by atoms with van der Waals surface area (Å²) in [6.07, 6.45) is 13.6. The first-order valence-electron chi connectivity index (χ1n) is 10.1. The van der Waals surface area contributed by atoms with E-state index in [1.54, 1.807) is 25.1 Å². The zero-order chi connectivity index (χ0) is 18.3. The molecule has 0 bridgehead atoms. The van der Waals surface area contributed by atoms with E-state index in [0.29, 0.717) is 9.52 Å². The minimum Gasteiger partial charge on any atom is -1.00 e. The van der Waals surface area contributed by atoms with E-state index in [9.17, 15) is 0 Å². The van der Waals surface area contributed by atoms with Gasteiger partial charge in [-0.05, 0) is 0 Å². The molecule has 148 valence electrons. The quantitative estimate of drug-likeness (QED) is 0.510. The predicted molar refractivity (Wildman–Crippen MR) is 117 cm³/mol. The molecular weight excluding hydrogens is 490 g/mol. The zero-order valence-corrected chi connectivity index (χ0v) is 22.0. The molecule has 5 rings (SSSR count). The van der Waals surface area contributed by atoms with Crippen LogP contribution < -0.4 is 24.8 Å². The van der Waals surface area contributed by atoms with Crippen LogP contribution in [0.15, 0.2) is 91.5 Å². The van der Waals surface area contributed by atoms with E-state index in [0.717, 1.165) is 12.8 Å². The minimum absolute atomic E-state index is 0. The Hall–Kier alpha value is -0.920. The first-order chi connectivity index (χ1) is 13.4. The van der Waals surface area contributed by atoms with E-state index in [1.807, 2.05) is 0 Å². The van der Waals surface area contributed by atoms with Gasteiger partial charge in [0.1, 0.15) is 0 Å². The fraction of sp³-hybridized carbons (Fsp3) is 0.200. The number of rotatable bonds is 4. The van der Waals surface area contributed by atoms with Crippen LogP contribution in [-0.4, -0.2) is 9.52 Å². The average molecular weight is 517 g/mol. The number of benzene rings is 2. The summed E-state index contributed by atoms with van der Waals surface area (Å²) in [5.41, 5.74) is 5.53. The van der Waals surface area contributed by atoms with Gasteiger partial charge in [-0.15, -0.1) is 0 Å². The second-order valence-electron chi connectivity index (χ2n) is 7.34. The summed E-state index contributed by atoms with van der Waals surface area (Å²) in [6.45, 7) is 0. The van der Waals surface area contributed by atoms with Gasteiger partial charge in [0.05, 0.1) is 0 Å². The maximum Gasteiger partial charge on any atom is 0.0197 e. The van der Waals surface area contributed by atoms with Crippen LogP contribution in [0.4, 0.5) is 0 Å². The number of allylic oxidation sites excluding steroid dienone is 8. The minimum atomic E-state index is -0.602. The Morgan fingerprint density at radius 2 is 1.00 bits per heavy atom. The molecule has 0 nitrogen and oxygen atoms in total. The normalized spacial score (nSPS) is 16.3. The maximum absolute atomic E-state index is 2.45. The molecule has 0 radical (unpaired) electrons. The first-order valence-corrected chi connectivity index (χ1v) is 14.5. The van der Waals surface area contributed by atoms with Gasteiger partial charge in [-0.1, -0.05) is 18.5 Å². The van der Waals surface area contributed by atoms with Crippen molar-refractivity contribution in [3.63, 3.8) is 0 Å². The molecule has 1 aliphatic heterocycles. The zero-order valence-electron chi connectivity index (χ0n) is 16.6. The van der Waals surface area contributed by atoms with Crippen LogP contribution in [-0.2, 0) is 23.2 Å². The largest absolute Gasteiger partial charge is 1.00 e. The standard InChI is InChI=1S/2C11H9.C3H8Si.2ClH.Zr/c2*1-2-6-10(7-3-1)11-8-4-5-9-11;1-2-4-3-1;;;/h2*1-3,6-9H,4H2;1-4H2;2*1H;/q;;;;;+2/p-2. The molecular formula is C25H26Cl2SiZr. The predicted octanol–water partition coefficient (Wildman–Crippen LogP) is 0.215. The van der Waals surface area contributed by atoms with Gasteiger partial charge < -0.3 is 24.8 Å². The number of hydrogen-bond acceptors (Lipinski definition) is 0. The van der Waals surface area contributed by atoms with Crippen LogP contribution in [0.2, 0.25) is 12.1 Å². The van der Waals surface area contributed by atoms with Crippen molar-refractivity contribution in [1.82, 2.24) is 0 Å². The summed E-state index contributed by atoms with van der Waals surface area (Å²) in [4.78, 5) is 0. The molecule has 0 unspecified atom stereocenters. The van der Waals surface area contributed by atoms with Crippen LogP contribution in [0.25, 0.3) is 11.1 Å². The molecule has 0 spiro atoms. The molecule has 2 aromatic carbocycles. The van der Waals surface area contributed by atoms with Crippen molar-refractivity contribution in [2.45, 2.75) is 31.4 Å². The Morgan fingerprint density at radius 3 is 1.34 bits per heavy atom. The SMILES string of the molecule is C1=[C]([Zr+2][C]2=CC(c3ccccc3)=CC2)CC=C1c1ccccc1.C1C[SiH2]C1.[Cl-].[Cl-]. The molecule has 0 N–H and O–H groups in total. The molecule has 3 aliphatic rings. The van der Waals surface area contributed by atoms with E-state index in [2.05, 4.69) is 85.0 Å². The fourth-order valence-corrected chi connectivity index (χ4v) is 6.98. The van der Waals surface area contributed by atoms with Crippen molar-refractivity contribution in [3.8, 4) is 0 Å². The molecule has 29 heavy (non-hydrogen) atoms. The van der Waals surface area contributed by atoms with Crippen LogP contribution in [0.3, 0.4) is 0 Å². The molecule has 1 heterocycles. The van der Waals surface area contributed by atoms with Crippen LogP contribution in [0.1, 0.15) is 30.4 Å². The second kappa shape index (κ2) is 12.7. The Kier molecular flexibility index (Phi) is 10.7. The molecule has 0 atom stereocenters. The third-order valence-corrected chi connectivity index (χ3v) is 10.6. The summed E-state index contributed by atoms with van der Waals surface area (Å²) in [5.74, 6) is 0. The van der Waals surface area contributed by atoms with E-state index < -0.39 is 23.2 Å². The molecule has 2 aliphatic carbocycles. The van der Waals surface area contributed by atoms with E-state index in [1.165, 1.54) is 22.3 Å². The summed E-state index contributed by atoms with van der Waals surface area (Å²) in [5, 5.41) is 0. The Morgan fingerprint density at radius 1 is 0.621 bits per heavy atom. The number of halogens is 2. The summed E-state index contributed by atoms with van der Waals surface area (Å²) in [6, 6.07) is 24.8. The van der Waals surface area contributed by atoms with E-state index in [4.69, 9.17) is 0 Å². The molecule has 0 saturated carbocycles. The maximum atomic E-state index is 2.45. The van der Waals surface area contributed by atoms with Gasteiger partial charge in [0.15, 0.2) is 0 Å². The van der Waals surface area contributed by atoms with Gasteiger partial charge in [-0.2, -0.15) is 0 Å². The topological polar surface area (TPSA) is 0 Å². The third kappa shape index (κ3) is 7.07. The van der Waals surface area contributed by atoms with Crippen molar-refractivity contribution in [2.24, 2.45) is 0 Å². The third-order valence-electron chi connectivity index (χ3n) is 5.28. The van der Waals surface area contributed by atoms with Gasteiger partial charge in [0.25, 0.3) is 0 Å². The molecule has 1 fully saturated rings. The van der Waals surface area contributed by atoms with Gasteiger partial charge in [0.2, 0.25) is 0 Å². The average Bonchev–Trinajstić information content (AvgIpc) is 3.32. The Bertz CT molecular complexity index is 819. The fourth-order valence-electron chi connectivity index (χ4n) is 3.34. The van der Waals surface area contributed by atoms with Gasteiger partial charge in [-0.3, -0.25) is 0 Å². The van der Waals surface area contributed by atoms with Gasteiger partial charge >= 0.3 is 150 Å². The Balaban J connectivity index is 0.000000449. The first kappa shape index (κ1) is 24.4. The summed E-state index contributed by atoms with van der Waals surface area (Å²) in [7, 11) is 0.605. The van der Waals surface area contributed by atoms with Crippen molar-refractivity contribution in [1.29, 1.82) is 0 Å². The monoisotopic (exact) mass is 514 g/mol. The number of hydrogen-bond donors (Lipinski definition) is 0. The van der Waals surface area contributed by atoms with Gasteiger partial charge in [-0.25, -0.2) is 0 Å². The van der Waals surface area contributed by atoms with Crippen molar-refractivity contribution >= 4 is 20.7 Å². The Labute approximate surface area is 201 Å². The van der Waals surface area contributed by atoms with Gasteiger partial charge in [0, 0.05) is 9.52 Å².